The third-order valence-corrected chi connectivity index (χ3v) is 2.62. The van der Waals surface area contributed by atoms with E-state index in [1.165, 1.54) is 12.8 Å². The van der Waals surface area contributed by atoms with Crippen LogP contribution in [0.4, 0.5) is 0 Å². The fourth-order valence-corrected chi connectivity index (χ4v) is 1.50. The minimum Gasteiger partial charge on any atom is -0.387 e. The zero-order chi connectivity index (χ0) is 9.97. The number of nitrogens with one attached hydrogen (secondary N) is 1. The maximum Gasteiger partial charge on any atom is 0.0931 e. The van der Waals surface area contributed by atoms with Gasteiger partial charge >= 0.3 is 0 Å². The lowest BCUT2D eigenvalue weighted by atomic mass is 10.1. The summed E-state index contributed by atoms with van der Waals surface area (Å²) in [5, 5.41) is 13.2. The van der Waals surface area contributed by atoms with E-state index in [-0.39, 0.29) is 0 Å². The Labute approximate surface area is 84.2 Å². The van der Waals surface area contributed by atoms with Crippen molar-refractivity contribution in [1.29, 1.82) is 0 Å². The summed E-state index contributed by atoms with van der Waals surface area (Å²) in [6.45, 7) is 2.63. The highest BCUT2D eigenvalue weighted by molar-refractivity contribution is 5.23. The monoisotopic (exact) mass is 192 g/mol. The summed E-state index contributed by atoms with van der Waals surface area (Å²) in [5.41, 5.74) is 2.03. The summed E-state index contributed by atoms with van der Waals surface area (Å²) < 4.78 is 0. The molecule has 3 heteroatoms. The molecule has 1 aromatic heterocycles. The molecule has 0 aromatic carbocycles. The summed E-state index contributed by atoms with van der Waals surface area (Å²) in [6.07, 6.45) is 5.57. The van der Waals surface area contributed by atoms with Gasteiger partial charge in [-0.25, -0.2) is 0 Å². The number of hydrogen-bond acceptors (Lipinski definition) is 3. The molecule has 0 bridgehead atoms. The molecule has 76 valence electrons. The molecule has 1 heterocycles. The molecule has 0 amide bonds. The first-order chi connectivity index (χ1) is 6.77. The first-order valence-electron chi connectivity index (χ1n) is 5.09. The number of aliphatic hydroxyl groups is 1. The van der Waals surface area contributed by atoms with E-state index in [1.807, 2.05) is 13.0 Å². The van der Waals surface area contributed by atoms with Gasteiger partial charge in [-0.3, -0.25) is 4.98 Å². The van der Waals surface area contributed by atoms with Gasteiger partial charge in [-0.1, -0.05) is 0 Å². The van der Waals surface area contributed by atoms with Crippen molar-refractivity contribution in [3.05, 3.63) is 29.6 Å². The van der Waals surface area contributed by atoms with Crippen molar-refractivity contribution >= 4 is 0 Å². The van der Waals surface area contributed by atoms with E-state index in [2.05, 4.69) is 10.3 Å². The Bertz CT molecular complexity index is 310. The second-order valence-corrected chi connectivity index (χ2v) is 3.93. The van der Waals surface area contributed by atoms with Crippen molar-refractivity contribution < 1.29 is 5.11 Å². The molecule has 1 aromatic rings. The lowest BCUT2D eigenvalue weighted by molar-refractivity contribution is 0.173. The zero-order valence-electron chi connectivity index (χ0n) is 8.40. The number of aromatic nitrogens is 1. The van der Waals surface area contributed by atoms with Gasteiger partial charge in [0, 0.05) is 30.5 Å². The van der Waals surface area contributed by atoms with Crippen LogP contribution in [0.2, 0.25) is 0 Å². The number of pyridine rings is 1. The SMILES string of the molecule is Cc1ccncc1C(O)CNC1CC1. The third kappa shape index (κ3) is 2.30. The van der Waals surface area contributed by atoms with Crippen LogP contribution in [0.25, 0.3) is 0 Å². The fourth-order valence-electron chi connectivity index (χ4n) is 1.50. The van der Waals surface area contributed by atoms with E-state index in [0.29, 0.717) is 12.6 Å². The number of rotatable bonds is 4. The zero-order valence-corrected chi connectivity index (χ0v) is 8.40. The molecule has 1 atom stereocenters. The lowest BCUT2D eigenvalue weighted by Crippen LogP contribution is -2.23. The van der Waals surface area contributed by atoms with Crippen LogP contribution in [-0.2, 0) is 0 Å². The van der Waals surface area contributed by atoms with Gasteiger partial charge < -0.3 is 10.4 Å². The van der Waals surface area contributed by atoms with E-state index in [1.54, 1.807) is 12.4 Å². The highest BCUT2D eigenvalue weighted by Crippen LogP contribution is 2.21. The molecule has 1 fully saturated rings. The van der Waals surface area contributed by atoms with Gasteiger partial charge in [0.15, 0.2) is 0 Å². The van der Waals surface area contributed by atoms with Crippen molar-refractivity contribution in [2.24, 2.45) is 0 Å². The Morgan fingerprint density at radius 2 is 2.43 bits per heavy atom. The molecule has 1 aliphatic rings. The average molecular weight is 192 g/mol. The van der Waals surface area contributed by atoms with Gasteiger partial charge in [-0.2, -0.15) is 0 Å². The summed E-state index contributed by atoms with van der Waals surface area (Å²) in [6, 6.07) is 2.57. The minimum absolute atomic E-state index is 0.427. The predicted molar refractivity (Wildman–Crippen MR) is 55.0 cm³/mol. The Balaban J connectivity index is 1.95. The maximum absolute atomic E-state index is 9.88. The smallest absolute Gasteiger partial charge is 0.0931 e. The Hall–Kier alpha value is -0.930. The molecule has 1 saturated carbocycles. The van der Waals surface area contributed by atoms with Crippen molar-refractivity contribution in [2.75, 3.05) is 6.54 Å². The van der Waals surface area contributed by atoms with Crippen LogP contribution in [0.15, 0.2) is 18.5 Å². The van der Waals surface area contributed by atoms with Crippen LogP contribution in [-0.4, -0.2) is 22.7 Å². The van der Waals surface area contributed by atoms with Gasteiger partial charge in [-0.15, -0.1) is 0 Å². The van der Waals surface area contributed by atoms with Gasteiger partial charge in [0.25, 0.3) is 0 Å². The second-order valence-electron chi connectivity index (χ2n) is 3.93. The molecular weight excluding hydrogens is 176 g/mol. The topological polar surface area (TPSA) is 45.2 Å². The fraction of sp³-hybridized carbons (Fsp3) is 0.545. The van der Waals surface area contributed by atoms with Gasteiger partial charge in [0.1, 0.15) is 0 Å². The van der Waals surface area contributed by atoms with Gasteiger partial charge in [-0.05, 0) is 31.4 Å². The van der Waals surface area contributed by atoms with Crippen molar-refractivity contribution in [3.8, 4) is 0 Å². The molecule has 0 saturated heterocycles. The summed E-state index contributed by atoms with van der Waals surface area (Å²) in [4.78, 5) is 4.02. The first kappa shape index (κ1) is 9.62. The van der Waals surface area contributed by atoms with Crippen LogP contribution in [0.1, 0.15) is 30.1 Å². The summed E-state index contributed by atoms with van der Waals surface area (Å²) in [7, 11) is 0. The first-order valence-corrected chi connectivity index (χ1v) is 5.09. The van der Waals surface area contributed by atoms with Crippen molar-refractivity contribution in [2.45, 2.75) is 31.9 Å². The van der Waals surface area contributed by atoms with Crippen LogP contribution in [0.5, 0.6) is 0 Å². The minimum atomic E-state index is -0.427. The molecule has 2 N–H and O–H groups in total. The van der Waals surface area contributed by atoms with E-state index in [0.717, 1.165) is 11.1 Å². The Kier molecular flexibility index (Phi) is 2.79. The molecule has 2 rings (SSSR count). The molecule has 1 unspecified atom stereocenters. The molecule has 14 heavy (non-hydrogen) atoms. The Morgan fingerprint density at radius 1 is 1.64 bits per heavy atom. The summed E-state index contributed by atoms with van der Waals surface area (Å²) >= 11 is 0. The molecular formula is C11H16N2O. The maximum atomic E-state index is 9.88. The number of hydrogen-bond donors (Lipinski definition) is 2. The van der Waals surface area contributed by atoms with E-state index >= 15 is 0 Å². The van der Waals surface area contributed by atoms with Gasteiger partial charge in [0.2, 0.25) is 0 Å². The van der Waals surface area contributed by atoms with Crippen LogP contribution >= 0.6 is 0 Å². The molecule has 0 spiro atoms. The van der Waals surface area contributed by atoms with Gasteiger partial charge in [0.05, 0.1) is 6.10 Å². The molecule has 1 aliphatic carbocycles. The Morgan fingerprint density at radius 3 is 3.07 bits per heavy atom. The number of aryl methyl sites for hydroxylation is 1. The van der Waals surface area contributed by atoms with E-state index in [4.69, 9.17) is 0 Å². The van der Waals surface area contributed by atoms with E-state index < -0.39 is 6.10 Å². The standard InChI is InChI=1S/C11H16N2O/c1-8-4-5-12-6-10(8)11(14)7-13-9-2-3-9/h4-6,9,11,13-14H,2-3,7H2,1H3. The quantitative estimate of drug-likeness (QED) is 0.753. The predicted octanol–water partition coefficient (Wildman–Crippen LogP) is 1.18. The number of aliphatic hydroxyl groups excluding tert-OH is 1. The average Bonchev–Trinajstić information content (AvgIpc) is 2.98. The molecule has 3 nitrogen and oxygen atoms in total. The molecule has 0 radical (unpaired) electrons. The van der Waals surface area contributed by atoms with E-state index in [9.17, 15) is 5.11 Å². The van der Waals surface area contributed by atoms with Crippen LogP contribution in [0, 0.1) is 6.92 Å². The number of nitrogens with zero attached hydrogens (tertiary/aromatic N) is 1. The molecule has 0 aliphatic heterocycles. The highest BCUT2D eigenvalue weighted by atomic mass is 16.3. The normalized spacial score (nSPS) is 18.1. The second kappa shape index (κ2) is 4.07. The summed E-state index contributed by atoms with van der Waals surface area (Å²) in [5.74, 6) is 0. The van der Waals surface area contributed by atoms with Crippen LogP contribution in [0.3, 0.4) is 0 Å². The lowest BCUT2D eigenvalue weighted by Gasteiger charge is -2.13. The van der Waals surface area contributed by atoms with Crippen molar-refractivity contribution in [1.82, 2.24) is 10.3 Å². The van der Waals surface area contributed by atoms with Crippen LogP contribution < -0.4 is 5.32 Å². The third-order valence-electron chi connectivity index (χ3n) is 2.62. The largest absolute Gasteiger partial charge is 0.387 e. The highest BCUT2D eigenvalue weighted by Gasteiger charge is 2.22. The van der Waals surface area contributed by atoms with Crippen molar-refractivity contribution in [3.63, 3.8) is 0 Å².